The van der Waals surface area contributed by atoms with Gasteiger partial charge in [0.05, 0.1) is 0 Å². The van der Waals surface area contributed by atoms with Gasteiger partial charge in [-0.15, -0.1) is 0 Å². The molecule has 0 aliphatic heterocycles. The number of hydrogen-bond acceptors (Lipinski definition) is 2. The zero-order valence-corrected chi connectivity index (χ0v) is 12.0. The summed E-state index contributed by atoms with van der Waals surface area (Å²) in [6.07, 6.45) is 0. The molecular weight excluding hydrogens is 258 g/mol. The smallest absolute Gasteiger partial charge is 0.125 e. The van der Waals surface area contributed by atoms with Crippen molar-refractivity contribution in [2.75, 3.05) is 18.5 Å². The number of halogens is 1. The van der Waals surface area contributed by atoms with E-state index in [0.29, 0.717) is 6.61 Å². The molecule has 2 aromatic rings. The molecular formula is C16H18ClNO. The highest BCUT2D eigenvalue weighted by Crippen LogP contribution is 2.22. The average molecular weight is 276 g/mol. The molecule has 100 valence electrons. The van der Waals surface area contributed by atoms with Crippen molar-refractivity contribution >= 4 is 17.3 Å². The van der Waals surface area contributed by atoms with Crippen LogP contribution in [0.15, 0.2) is 42.5 Å². The fourth-order valence-electron chi connectivity index (χ4n) is 1.97. The van der Waals surface area contributed by atoms with Crippen LogP contribution in [0.5, 0.6) is 5.75 Å². The Balaban J connectivity index is 1.84. The first-order chi connectivity index (χ1) is 9.16. The molecule has 0 bridgehead atoms. The molecule has 0 aromatic heterocycles. The number of hydrogen-bond donors (Lipinski definition) is 1. The molecule has 0 aliphatic rings. The van der Waals surface area contributed by atoms with E-state index in [0.717, 1.165) is 23.0 Å². The largest absolute Gasteiger partial charge is 0.491 e. The molecule has 19 heavy (non-hydrogen) atoms. The molecule has 0 radical (unpaired) electrons. The molecule has 0 heterocycles. The molecule has 2 rings (SSSR count). The van der Waals surface area contributed by atoms with Gasteiger partial charge in [0, 0.05) is 17.3 Å². The topological polar surface area (TPSA) is 21.3 Å². The van der Waals surface area contributed by atoms with E-state index >= 15 is 0 Å². The van der Waals surface area contributed by atoms with Gasteiger partial charge in [0.15, 0.2) is 0 Å². The van der Waals surface area contributed by atoms with Crippen molar-refractivity contribution in [3.8, 4) is 5.75 Å². The molecule has 0 spiro atoms. The lowest BCUT2D eigenvalue weighted by Crippen LogP contribution is -2.12. The zero-order chi connectivity index (χ0) is 13.7. The summed E-state index contributed by atoms with van der Waals surface area (Å²) >= 11 is 5.92. The van der Waals surface area contributed by atoms with Crippen LogP contribution in [0, 0.1) is 13.8 Å². The predicted molar refractivity (Wildman–Crippen MR) is 81.4 cm³/mol. The van der Waals surface area contributed by atoms with Gasteiger partial charge in [-0.1, -0.05) is 35.9 Å². The Bertz CT molecular complexity index is 534. The Hall–Kier alpha value is -1.67. The Morgan fingerprint density at radius 1 is 1.05 bits per heavy atom. The Labute approximate surface area is 119 Å². The highest BCUT2D eigenvalue weighted by molar-refractivity contribution is 6.30. The monoisotopic (exact) mass is 275 g/mol. The zero-order valence-electron chi connectivity index (χ0n) is 11.2. The number of rotatable bonds is 5. The van der Waals surface area contributed by atoms with Gasteiger partial charge in [0.1, 0.15) is 12.4 Å². The predicted octanol–water partition coefficient (Wildman–Crippen LogP) is 4.45. The van der Waals surface area contributed by atoms with Gasteiger partial charge in [-0.3, -0.25) is 0 Å². The third kappa shape index (κ3) is 3.90. The molecule has 1 N–H and O–H groups in total. The summed E-state index contributed by atoms with van der Waals surface area (Å²) < 4.78 is 5.82. The van der Waals surface area contributed by atoms with Crippen LogP contribution in [-0.2, 0) is 0 Å². The van der Waals surface area contributed by atoms with Crippen molar-refractivity contribution in [2.24, 2.45) is 0 Å². The maximum absolute atomic E-state index is 5.92. The molecule has 0 aliphatic carbocycles. The summed E-state index contributed by atoms with van der Waals surface area (Å²) in [7, 11) is 0. The van der Waals surface area contributed by atoms with Crippen LogP contribution in [0.1, 0.15) is 11.1 Å². The van der Waals surface area contributed by atoms with Crippen molar-refractivity contribution in [1.29, 1.82) is 0 Å². The van der Waals surface area contributed by atoms with Gasteiger partial charge in [-0.25, -0.2) is 0 Å². The summed E-state index contributed by atoms with van der Waals surface area (Å²) in [5.41, 5.74) is 3.35. The molecule has 0 fully saturated rings. The highest BCUT2D eigenvalue weighted by Gasteiger charge is 2.02. The number of benzene rings is 2. The first kappa shape index (κ1) is 13.8. The minimum atomic E-state index is 0.623. The van der Waals surface area contributed by atoms with Gasteiger partial charge < -0.3 is 10.1 Å². The van der Waals surface area contributed by atoms with Gasteiger partial charge in [-0.2, -0.15) is 0 Å². The standard InChI is InChI=1S/C16H18ClNO/c1-12-5-3-6-13(2)16(12)19-10-9-18-15-8-4-7-14(17)11-15/h3-8,11,18H,9-10H2,1-2H3. The average Bonchev–Trinajstić information content (AvgIpc) is 2.37. The van der Waals surface area contributed by atoms with Crippen molar-refractivity contribution in [3.63, 3.8) is 0 Å². The van der Waals surface area contributed by atoms with E-state index in [1.165, 1.54) is 11.1 Å². The van der Waals surface area contributed by atoms with E-state index < -0.39 is 0 Å². The molecule has 0 saturated heterocycles. The normalized spacial score (nSPS) is 10.3. The second kappa shape index (κ2) is 6.48. The van der Waals surface area contributed by atoms with Crippen LogP contribution >= 0.6 is 11.6 Å². The first-order valence-electron chi connectivity index (χ1n) is 6.35. The van der Waals surface area contributed by atoms with Crippen molar-refractivity contribution < 1.29 is 4.74 Å². The van der Waals surface area contributed by atoms with Crippen LogP contribution < -0.4 is 10.1 Å². The fourth-order valence-corrected chi connectivity index (χ4v) is 2.16. The van der Waals surface area contributed by atoms with E-state index in [4.69, 9.17) is 16.3 Å². The molecule has 0 atom stereocenters. The summed E-state index contributed by atoms with van der Waals surface area (Å²) in [5, 5.41) is 4.02. The third-order valence-corrected chi connectivity index (χ3v) is 3.15. The minimum absolute atomic E-state index is 0.623. The summed E-state index contributed by atoms with van der Waals surface area (Å²) in [6, 6.07) is 13.9. The first-order valence-corrected chi connectivity index (χ1v) is 6.73. The van der Waals surface area contributed by atoms with Crippen molar-refractivity contribution in [2.45, 2.75) is 13.8 Å². The number of nitrogens with one attached hydrogen (secondary N) is 1. The van der Waals surface area contributed by atoms with E-state index in [9.17, 15) is 0 Å². The van der Waals surface area contributed by atoms with Gasteiger partial charge >= 0.3 is 0 Å². The Morgan fingerprint density at radius 3 is 2.42 bits per heavy atom. The van der Waals surface area contributed by atoms with Crippen LogP contribution in [0.25, 0.3) is 0 Å². The molecule has 2 aromatic carbocycles. The molecule has 0 saturated carbocycles. The number of ether oxygens (including phenoxy) is 1. The second-order valence-corrected chi connectivity index (χ2v) is 4.94. The molecule has 0 unspecified atom stereocenters. The maximum atomic E-state index is 5.92. The van der Waals surface area contributed by atoms with Crippen molar-refractivity contribution in [1.82, 2.24) is 0 Å². The molecule has 2 nitrogen and oxygen atoms in total. The summed E-state index contributed by atoms with van der Waals surface area (Å²) in [5.74, 6) is 0.982. The maximum Gasteiger partial charge on any atom is 0.125 e. The molecule has 0 amide bonds. The van der Waals surface area contributed by atoms with Crippen LogP contribution in [-0.4, -0.2) is 13.2 Å². The van der Waals surface area contributed by atoms with Crippen LogP contribution in [0.4, 0.5) is 5.69 Å². The van der Waals surface area contributed by atoms with Crippen LogP contribution in [0.3, 0.4) is 0 Å². The number of anilines is 1. The summed E-state index contributed by atoms with van der Waals surface area (Å²) in [6.45, 7) is 5.49. The Kier molecular flexibility index (Phi) is 4.69. The van der Waals surface area contributed by atoms with Gasteiger partial charge in [-0.05, 0) is 43.2 Å². The lowest BCUT2D eigenvalue weighted by molar-refractivity contribution is 0.328. The van der Waals surface area contributed by atoms with E-state index in [1.807, 2.05) is 30.3 Å². The Morgan fingerprint density at radius 2 is 1.74 bits per heavy atom. The summed E-state index contributed by atoms with van der Waals surface area (Å²) in [4.78, 5) is 0. The highest BCUT2D eigenvalue weighted by atomic mass is 35.5. The third-order valence-electron chi connectivity index (χ3n) is 2.91. The van der Waals surface area contributed by atoms with Gasteiger partial charge in [0.2, 0.25) is 0 Å². The lowest BCUT2D eigenvalue weighted by Gasteiger charge is -2.12. The minimum Gasteiger partial charge on any atom is -0.491 e. The quantitative estimate of drug-likeness (QED) is 0.814. The lowest BCUT2D eigenvalue weighted by atomic mass is 10.1. The number of aryl methyl sites for hydroxylation is 2. The van der Waals surface area contributed by atoms with E-state index in [-0.39, 0.29) is 0 Å². The van der Waals surface area contributed by atoms with E-state index in [1.54, 1.807) is 0 Å². The second-order valence-electron chi connectivity index (χ2n) is 4.51. The fraction of sp³-hybridized carbons (Fsp3) is 0.250. The SMILES string of the molecule is Cc1cccc(C)c1OCCNc1cccc(Cl)c1. The van der Waals surface area contributed by atoms with Crippen LogP contribution in [0.2, 0.25) is 5.02 Å². The van der Waals surface area contributed by atoms with E-state index in [2.05, 4.69) is 31.3 Å². The molecule has 3 heteroatoms. The van der Waals surface area contributed by atoms with Gasteiger partial charge in [0.25, 0.3) is 0 Å². The van der Waals surface area contributed by atoms with Crippen molar-refractivity contribution in [3.05, 3.63) is 58.6 Å². The number of para-hydroxylation sites is 1.